The van der Waals surface area contributed by atoms with Crippen molar-refractivity contribution < 1.29 is 13.2 Å². The van der Waals surface area contributed by atoms with Gasteiger partial charge in [-0.1, -0.05) is 38.0 Å². The molecule has 0 aliphatic rings. The van der Waals surface area contributed by atoms with E-state index in [0.717, 1.165) is 24.8 Å². The second-order valence-corrected chi connectivity index (χ2v) is 7.65. The summed E-state index contributed by atoms with van der Waals surface area (Å²) in [5.74, 6) is -0.260. The summed E-state index contributed by atoms with van der Waals surface area (Å²) >= 11 is 0. The lowest BCUT2D eigenvalue weighted by Crippen LogP contribution is -2.24. The Morgan fingerprint density at radius 2 is 1.80 bits per heavy atom. The molecule has 2 N–H and O–H groups in total. The summed E-state index contributed by atoms with van der Waals surface area (Å²) in [6.07, 6.45) is 3.04. The fraction of sp³-hybridized carbons (Fsp3) is 0.316. The Balaban J connectivity index is 2.12. The number of carbonyl (C=O) groups is 1. The van der Waals surface area contributed by atoms with E-state index in [2.05, 4.69) is 17.0 Å². The molecule has 5 nitrogen and oxygen atoms in total. The highest BCUT2D eigenvalue weighted by atomic mass is 32.2. The van der Waals surface area contributed by atoms with E-state index in [4.69, 9.17) is 0 Å². The third-order valence-corrected chi connectivity index (χ3v) is 5.12. The monoisotopic (exact) mass is 360 g/mol. The van der Waals surface area contributed by atoms with Gasteiger partial charge >= 0.3 is 0 Å². The molecule has 0 saturated heterocycles. The molecule has 2 aromatic carbocycles. The third-order valence-electron chi connectivity index (χ3n) is 3.74. The Morgan fingerprint density at radius 1 is 1.04 bits per heavy atom. The highest BCUT2D eigenvalue weighted by Gasteiger charge is 2.16. The van der Waals surface area contributed by atoms with E-state index in [9.17, 15) is 13.2 Å². The maximum Gasteiger partial charge on any atom is 0.261 e. The molecule has 0 aliphatic carbocycles. The lowest BCUT2D eigenvalue weighted by molar-refractivity contribution is 0.0952. The number of sulfonamides is 1. The summed E-state index contributed by atoms with van der Waals surface area (Å²) in [6.45, 7) is 4.57. The van der Waals surface area contributed by atoms with Gasteiger partial charge in [0, 0.05) is 17.8 Å². The third kappa shape index (κ3) is 5.60. The Morgan fingerprint density at radius 3 is 2.52 bits per heavy atom. The molecule has 0 aromatic heterocycles. The Hall–Kier alpha value is -2.34. The standard InChI is InChI=1S/C19H24N2O3S/c1-3-4-5-12-20-19(22)16-9-7-11-18(14-16)25(23,24)21-17-10-6-8-15(2)13-17/h6-11,13-14,21H,3-5,12H2,1-2H3,(H,20,22). The van der Waals surface area contributed by atoms with Crippen LogP contribution >= 0.6 is 0 Å². The molecular formula is C19H24N2O3S. The summed E-state index contributed by atoms with van der Waals surface area (Å²) in [4.78, 5) is 12.2. The van der Waals surface area contributed by atoms with Crippen LogP contribution in [0.5, 0.6) is 0 Å². The first kappa shape index (κ1) is 19.0. The van der Waals surface area contributed by atoms with E-state index < -0.39 is 10.0 Å². The van der Waals surface area contributed by atoms with Gasteiger partial charge in [0.2, 0.25) is 0 Å². The van der Waals surface area contributed by atoms with E-state index in [-0.39, 0.29) is 10.8 Å². The summed E-state index contributed by atoms with van der Waals surface area (Å²) in [5, 5.41) is 2.82. The zero-order valence-electron chi connectivity index (χ0n) is 14.6. The molecule has 0 radical (unpaired) electrons. The molecule has 0 fully saturated rings. The van der Waals surface area contributed by atoms with E-state index in [1.54, 1.807) is 30.3 Å². The molecule has 0 atom stereocenters. The average molecular weight is 360 g/mol. The number of aryl methyl sites for hydroxylation is 1. The summed E-state index contributed by atoms with van der Waals surface area (Å²) < 4.78 is 27.6. The largest absolute Gasteiger partial charge is 0.352 e. The van der Waals surface area contributed by atoms with Gasteiger partial charge < -0.3 is 5.32 Å². The Labute approximate surface area is 149 Å². The molecule has 0 saturated carbocycles. The van der Waals surface area contributed by atoms with E-state index >= 15 is 0 Å². The molecule has 2 rings (SSSR count). The van der Waals surface area contributed by atoms with Crippen molar-refractivity contribution in [2.45, 2.75) is 38.0 Å². The van der Waals surface area contributed by atoms with Crippen molar-refractivity contribution in [2.24, 2.45) is 0 Å². The first-order chi connectivity index (χ1) is 11.9. The first-order valence-electron chi connectivity index (χ1n) is 8.40. The van der Waals surface area contributed by atoms with Gasteiger partial charge in [0.05, 0.1) is 4.90 Å². The lowest BCUT2D eigenvalue weighted by atomic mass is 10.2. The van der Waals surface area contributed by atoms with Crippen molar-refractivity contribution in [3.8, 4) is 0 Å². The number of nitrogens with one attached hydrogen (secondary N) is 2. The number of amides is 1. The maximum absolute atomic E-state index is 12.5. The van der Waals surface area contributed by atoms with Gasteiger partial charge in [0.1, 0.15) is 0 Å². The van der Waals surface area contributed by atoms with Crippen LogP contribution < -0.4 is 10.0 Å². The van der Waals surface area contributed by atoms with Crippen LogP contribution in [0.3, 0.4) is 0 Å². The first-order valence-corrected chi connectivity index (χ1v) is 9.88. The Kier molecular flexibility index (Phi) is 6.58. The number of anilines is 1. The van der Waals surface area contributed by atoms with Crippen molar-refractivity contribution >= 4 is 21.6 Å². The van der Waals surface area contributed by atoms with Crippen LogP contribution in [0.4, 0.5) is 5.69 Å². The topological polar surface area (TPSA) is 75.3 Å². The minimum Gasteiger partial charge on any atom is -0.352 e. The molecule has 25 heavy (non-hydrogen) atoms. The van der Waals surface area contributed by atoms with Crippen LogP contribution in [0.15, 0.2) is 53.4 Å². The molecule has 0 unspecified atom stereocenters. The summed E-state index contributed by atoms with van der Waals surface area (Å²) in [5.41, 5.74) is 1.79. The van der Waals surface area contributed by atoms with Gasteiger partial charge in [0.25, 0.3) is 15.9 Å². The quantitative estimate of drug-likeness (QED) is 0.705. The van der Waals surface area contributed by atoms with Crippen LogP contribution in [0.2, 0.25) is 0 Å². The van der Waals surface area contributed by atoms with Crippen LogP contribution in [-0.2, 0) is 10.0 Å². The number of hydrogen-bond acceptors (Lipinski definition) is 3. The van der Waals surface area contributed by atoms with E-state index in [1.807, 2.05) is 13.0 Å². The number of unbranched alkanes of at least 4 members (excludes halogenated alkanes) is 2. The highest BCUT2D eigenvalue weighted by molar-refractivity contribution is 7.92. The van der Waals surface area contributed by atoms with Gasteiger partial charge in [-0.25, -0.2) is 8.42 Å². The lowest BCUT2D eigenvalue weighted by Gasteiger charge is -2.10. The van der Waals surface area contributed by atoms with Crippen LogP contribution in [0, 0.1) is 6.92 Å². The molecule has 0 bridgehead atoms. The second kappa shape index (κ2) is 8.67. The van der Waals surface area contributed by atoms with Crippen molar-refractivity contribution in [1.29, 1.82) is 0 Å². The van der Waals surface area contributed by atoms with Gasteiger partial charge in [0.15, 0.2) is 0 Å². The number of benzene rings is 2. The molecule has 2 aromatic rings. The minimum atomic E-state index is -3.75. The van der Waals surface area contributed by atoms with Crippen LogP contribution in [0.1, 0.15) is 42.1 Å². The average Bonchev–Trinajstić information content (AvgIpc) is 2.58. The molecule has 1 amide bonds. The summed E-state index contributed by atoms with van der Waals surface area (Å²) in [6, 6.07) is 13.2. The zero-order chi connectivity index (χ0) is 18.3. The van der Waals surface area contributed by atoms with Crippen molar-refractivity contribution in [1.82, 2.24) is 5.32 Å². The fourth-order valence-electron chi connectivity index (χ4n) is 2.41. The fourth-order valence-corrected chi connectivity index (χ4v) is 3.50. The van der Waals surface area contributed by atoms with E-state index in [1.165, 1.54) is 12.1 Å². The van der Waals surface area contributed by atoms with Crippen molar-refractivity contribution in [3.05, 3.63) is 59.7 Å². The number of carbonyl (C=O) groups excluding carboxylic acids is 1. The van der Waals surface area contributed by atoms with Crippen molar-refractivity contribution in [3.63, 3.8) is 0 Å². The predicted molar refractivity (Wildman–Crippen MR) is 100 cm³/mol. The van der Waals surface area contributed by atoms with E-state index in [0.29, 0.717) is 17.8 Å². The molecule has 134 valence electrons. The van der Waals surface area contributed by atoms with Gasteiger partial charge in [-0.3, -0.25) is 9.52 Å². The van der Waals surface area contributed by atoms with Gasteiger partial charge in [-0.15, -0.1) is 0 Å². The SMILES string of the molecule is CCCCCNC(=O)c1cccc(S(=O)(=O)Nc2cccc(C)c2)c1. The predicted octanol–water partition coefficient (Wildman–Crippen LogP) is 3.72. The Bertz CT molecular complexity index is 832. The maximum atomic E-state index is 12.5. The minimum absolute atomic E-state index is 0.0650. The van der Waals surface area contributed by atoms with Crippen LogP contribution in [0.25, 0.3) is 0 Å². The second-order valence-electron chi connectivity index (χ2n) is 5.97. The summed E-state index contributed by atoms with van der Waals surface area (Å²) in [7, 11) is -3.75. The normalized spacial score (nSPS) is 11.1. The highest BCUT2D eigenvalue weighted by Crippen LogP contribution is 2.18. The molecular weight excluding hydrogens is 336 g/mol. The molecule has 0 spiro atoms. The number of hydrogen-bond donors (Lipinski definition) is 2. The zero-order valence-corrected chi connectivity index (χ0v) is 15.4. The molecule has 0 heterocycles. The molecule has 6 heteroatoms. The van der Waals surface area contributed by atoms with Crippen molar-refractivity contribution in [2.75, 3.05) is 11.3 Å². The molecule has 0 aliphatic heterocycles. The van der Waals surface area contributed by atoms with Gasteiger partial charge in [-0.2, -0.15) is 0 Å². The number of rotatable bonds is 8. The van der Waals surface area contributed by atoms with Gasteiger partial charge in [-0.05, 0) is 49.2 Å². The smallest absolute Gasteiger partial charge is 0.261 e. The van der Waals surface area contributed by atoms with Crippen LogP contribution in [-0.4, -0.2) is 20.9 Å².